The molecule has 0 unspecified atom stereocenters. The van der Waals surface area contributed by atoms with E-state index in [0.717, 1.165) is 12.8 Å². The van der Waals surface area contributed by atoms with E-state index in [1.54, 1.807) is 5.56 Å². The molecule has 1 heteroatoms. The zero-order valence-electron chi connectivity index (χ0n) is 12.8. The number of pyridine rings is 1. The van der Waals surface area contributed by atoms with Gasteiger partial charge in [-0.2, -0.15) is 0 Å². The van der Waals surface area contributed by atoms with Crippen LogP contribution in [0.4, 0.5) is 0 Å². The van der Waals surface area contributed by atoms with Crippen LogP contribution in [0.1, 0.15) is 82.3 Å². The molecule has 1 aromatic heterocycles. The van der Waals surface area contributed by atoms with Gasteiger partial charge >= 0.3 is 0 Å². The van der Waals surface area contributed by atoms with Crippen LogP contribution in [0.25, 0.3) is 0 Å². The Morgan fingerprint density at radius 2 is 1.56 bits per heavy atom. The molecule has 18 heavy (non-hydrogen) atoms. The number of hydrogen-bond donors (Lipinski definition) is 0. The number of rotatable bonds is 7. The van der Waals surface area contributed by atoms with E-state index in [1.165, 1.54) is 42.6 Å². The maximum absolute atomic E-state index is 4.92. The third kappa shape index (κ3) is 3.83. The first-order valence-corrected chi connectivity index (χ1v) is 7.65. The van der Waals surface area contributed by atoms with Crippen molar-refractivity contribution in [3.05, 3.63) is 28.6 Å². The van der Waals surface area contributed by atoms with E-state index in [1.807, 2.05) is 0 Å². The second-order valence-electron chi connectivity index (χ2n) is 5.54. The first-order chi connectivity index (χ1) is 8.63. The van der Waals surface area contributed by atoms with Crippen LogP contribution in [-0.4, -0.2) is 4.98 Å². The van der Waals surface area contributed by atoms with Gasteiger partial charge < -0.3 is 0 Å². The highest BCUT2D eigenvalue weighted by Crippen LogP contribution is 2.26. The second kappa shape index (κ2) is 7.56. The third-order valence-corrected chi connectivity index (χ3v) is 3.37. The van der Waals surface area contributed by atoms with Crippen LogP contribution >= 0.6 is 0 Å². The van der Waals surface area contributed by atoms with Crippen molar-refractivity contribution in [2.45, 2.75) is 79.1 Å². The topological polar surface area (TPSA) is 12.9 Å². The highest BCUT2D eigenvalue weighted by atomic mass is 14.7. The van der Waals surface area contributed by atoms with Gasteiger partial charge in [0.15, 0.2) is 0 Å². The molecule has 1 nitrogen and oxygen atoms in total. The summed E-state index contributed by atoms with van der Waals surface area (Å²) in [5.41, 5.74) is 5.74. The maximum Gasteiger partial charge on any atom is 0.0444 e. The van der Waals surface area contributed by atoms with Gasteiger partial charge in [-0.15, -0.1) is 0 Å². The van der Waals surface area contributed by atoms with E-state index < -0.39 is 0 Å². The lowest BCUT2D eigenvalue weighted by Crippen LogP contribution is -2.08. The predicted molar refractivity (Wildman–Crippen MR) is 80.3 cm³/mol. The maximum atomic E-state index is 4.92. The van der Waals surface area contributed by atoms with Gasteiger partial charge in [-0.3, -0.25) is 4.98 Å². The van der Waals surface area contributed by atoms with Crippen molar-refractivity contribution >= 4 is 0 Å². The fourth-order valence-electron chi connectivity index (χ4n) is 2.72. The highest BCUT2D eigenvalue weighted by Gasteiger charge is 2.14. The average Bonchev–Trinajstić information content (AvgIpc) is 2.29. The molecule has 0 aliphatic rings. The van der Waals surface area contributed by atoms with Crippen molar-refractivity contribution in [1.82, 2.24) is 4.98 Å². The molecule has 0 bridgehead atoms. The summed E-state index contributed by atoms with van der Waals surface area (Å²) in [6.07, 6.45) is 7.04. The molecule has 0 saturated heterocycles. The van der Waals surface area contributed by atoms with Crippen LogP contribution in [0.2, 0.25) is 0 Å². The van der Waals surface area contributed by atoms with Crippen molar-refractivity contribution in [3.8, 4) is 0 Å². The minimum Gasteiger partial charge on any atom is -0.258 e. The van der Waals surface area contributed by atoms with Gasteiger partial charge in [-0.25, -0.2) is 0 Å². The van der Waals surface area contributed by atoms with Crippen molar-refractivity contribution < 1.29 is 0 Å². The molecule has 0 radical (unpaired) electrons. The van der Waals surface area contributed by atoms with Gasteiger partial charge in [0.05, 0.1) is 0 Å². The molecule has 1 heterocycles. The number of nitrogens with zero attached hydrogens (tertiary/aromatic N) is 1. The van der Waals surface area contributed by atoms with Crippen LogP contribution < -0.4 is 0 Å². The van der Waals surface area contributed by atoms with Crippen LogP contribution in [0.3, 0.4) is 0 Å². The van der Waals surface area contributed by atoms with Crippen molar-refractivity contribution in [2.24, 2.45) is 0 Å². The summed E-state index contributed by atoms with van der Waals surface area (Å²) in [4.78, 5) is 4.92. The first-order valence-electron chi connectivity index (χ1n) is 7.65. The van der Waals surface area contributed by atoms with Crippen molar-refractivity contribution in [1.29, 1.82) is 0 Å². The summed E-state index contributed by atoms with van der Waals surface area (Å²) >= 11 is 0. The van der Waals surface area contributed by atoms with Crippen LogP contribution in [0.15, 0.2) is 6.07 Å². The SMILES string of the molecule is CCCc1cc(CCC)c(C(C)C)c(CCC)n1. The quantitative estimate of drug-likeness (QED) is 0.656. The van der Waals surface area contributed by atoms with E-state index in [-0.39, 0.29) is 0 Å². The first kappa shape index (κ1) is 15.2. The lowest BCUT2D eigenvalue weighted by atomic mass is 9.90. The highest BCUT2D eigenvalue weighted by molar-refractivity contribution is 5.36. The Hall–Kier alpha value is -0.850. The molecule has 0 spiro atoms. The summed E-state index contributed by atoms with van der Waals surface area (Å²) in [5, 5.41) is 0. The molecule has 0 amide bonds. The lowest BCUT2D eigenvalue weighted by molar-refractivity contribution is 0.747. The van der Waals surface area contributed by atoms with Crippen LogP contribution in [-0.2, 0) is 19.3 Å². The standard InChI is InChI=1S/C17H29N/c1-6-9-14-12-15(10-7-2)18-16(11-8-3)17(14)13(4)5/h12-13H,6-11H2,1-5H3. The molecule has 0 saturated carbocycles. The molecule has 0 aliphatic carbocycles. The zero-order valence-corrected chi connectivity index (χ0v) is 12.8. The normalized spacial score (nSPS) is 11.2. The molecular formula is C17H29N. The molecule has 0 aromatic carbocycles. The molecule has 0 N–H and O–H groups in total. The van der Waals surface area contributed by atoms with Crippen molar-refractivity contribution in [2.75, 3.05) is 0 Å². The third-order valence-electron chi connectivity index (χ3n) is 3.37. The van der Waals surface area contributed by atoms with Gasteiger partial charge in [-0.05, 0) is 42.4 Å². The van der Waals surface area contributed by atoms with E-state index in [2.05, 4.69) is 40.7 Å². The number of aromatic nitrogens is 1. The van der Waals surface area contributed by atoms with E-state index >= 15 is 0 Å². The minimum absolute atomic E-state index is 0.594. The molecule has 1 rings (SSSR count). The Morgan fingerprint density at radius 3 is 2.06 bits per heavy atom. The Balaban J connectivity index is 3.24. The van der Waals surface area contributed by atoms with Crippen molar-refractivity contribution in [3.63, 3.8) is 0 Å². The summed E-state index contributed by atoms with van der Waals surface area (Å²) in [6.45, 7) is 11.3. The van der Waals surface area contributed by atoms with E-state index in [0.29, 0.717) is 5.92 Å². The van der Waals surface area contributed by atoms with Gasteiger partial charge in [-0.1, -0.05) is 53.9 Å². The van der Waals surface area contributed by atoms with E-state index in [9.17, 15) is 0 Å². The number of aryl methyl sites for hydroxylation is 3. The molecule has 1 aromatic rings. The number of hydrogen-bond acceptors (Lipinski definition) is 1. The van der Waals surface area contributed by atoms with Crippen LogP contribution in [0, 0.1) is 0 Å². The Bertz CT molecular complexity index is 339. The minimum atomic E-state index is 0.594. The lowest BCUT2D eigenvalue weighted by Gasteiger charge is -2.18. The fourth-order valence-corrected chi connectivity index (χ4v) is 2.72. The zero-order chi connectivity index (χ0) is 13.5. The molecule has 0 fully saturated rings. The van der Waals surface area contributed by atoms with E-state index in [4.69, 9.17) is 4.98 Å². The van der Waals surface area contributed by atoms with Gasteiger partial charge in [0.25, 0.3) is 0 Å². The van der Waals surface area contributed by atoms with Gasteiger partial charge in [0.2, 0.25) is 0 Å². The monoisotopic (exact) mass is 247 g/mol. The fraction of sp³-hybridized carbons (Fsp3) is 0.706. The summed E-state index contributed by atoms with van der Waals surface area (Å²) < 4.78 is 0. The molecule has 0 aliphatic heterocycles. The average molecular weight is 247 g/mol. The summed E-state index contributed by atoms with van der Waals surface area (Å²) in [6, 6.07) is 2.36. The van der Waals surface area contributed by atoms with Crippen LogP contribution in [0.5, 0.6) is 0 Å². The summed E-state index contributed by atoms with van der Waals surface area (Å²) in [7, 11) is 0. The largest absolute Gasteiger partial charge is 0.258 e. The van der Waals surface area contributed by atoms with Gasteiger partial charge in [0, 0.05) is 11.4 Å². The van der Waals surface area contributed by atoms with Gasteiger partial charge in [0.1, 0.15) is 0 Å². The Kier molecular flexibility index (Phi) is 6.38. The molecule has 102 valence electrons. The molecule has 0 atom stereocenters. The Labute approximate surface area is 113 Å². The predicted octanol–water partition coefficient (Wildman–Crippen LogP) is 5.06. The Morgan fingerprint density at radius 1 is 0.944 bits per heavy atom. The summed E-state index contributed by atoms with van der Waals surface area (Å²) in [5.74, 6) is 0.594. The molecular weight excluding hydrogens is 218 g/mol. The second-order valence-corrected chi connectivity index (χ2v) is 5.54. The smallest absolute Gasteiger partial charge is 0.0444 e.